The number of aromatic hydroxyl groups is 1. The van der Waals surface area contributed by atoms with Gasteiger partial charge in [0.25, 0.3) is 0 Å². The number of carbonyl (C=O) groups excluding carboxylic acids is 1. The molecule has 82 valence electrons. The Morgan fingerprint density at radius 3 is 2.67 bits per heavy atom. The molecule has 0 aliphatic heterocycles. The zero-order chi connectivity index (χ0) is 11.4. The van der Waals surface area contributed by atoms with Crippen LogP contribution in [0, 0.1) is 13.8 Å². The lowest BCUT2D eigenvalue weighted by Crippen LogP contribution is -2.25. The van der Waals surface area contributed by atoms with E-state index in [4.69, 9.17) is 0 Å². The van der Waals surface area contributed by atoms with E-state index in [1.165, 1.54) is 0 Å². The largest absolute Gasteiger partial charge is 0.508 e. The Balaban J connectivity index is 2.93. The van der Waals surface area contributed by atoms with E-state index in [9.17, 15) is 9.90 Å². The molecular weight excluding hydrogens is 192 g/mol. The van der Waals surface area contributed by atoms with Gasteiger partial charge in [-0.05, 0) is 32.5 Å². The zero-order valence-electron chi connectivity index (χ0n) is 9.22. The predicted molar refractivity (Wildman–Crippen MR) is 60.1 cm³/mol. The van der Waals surface area contributed by atoms with Crippen molar-refractivity contribution < 1.29 is 9.90 Å². The molecule has 0 saturated carbocycles. The van der Waals surface area contributed by atoms with Crippen molar-refractivity contribution in [3.8, 4) is 5.75 Å². The standard InChI is InChI=1S/C11H16N2O2/c1-7-4-5-9(14)8(2)11(7)13-10(15)6-12-3/h4-5,12,14H,6H2,1-3H3,(H,13,15). The molecular formula is C11H16N2O2. The molecule has 15 heavy (non-hydrogen) atoms. The lowest BCUT2D eigenvalue weighted by molar-refractivity contribution is -0.115. The number of phenolic OH excluding ortho intramolecular Hbond substituents is 1. The van der Waals surface area contributed by atoms with Crippen molar-refractivity contribution in [3.05, 3.63) is 23.3 Å². The second-order valence-corrected chi connectivity index (χ2v) is 3.48. The zero-order valence-corrected chi connectivity index (χ0v) is 9.22. The summed E-state index contributed by atoms with van der Waals surface area (Å²) in [5.41, 5.74) is 2.32. The number of likely N-dealkylation sites (N-methyl/N-ethyl adjacent to an activating group) is 1. The Kier molecular flexibility index (Phi) is 3.68. The third kappa shape index (κ3) is 2.70. The number of anilines is 1. The molecule has 3 N–H and O–H groups in total. The van der Waals surface area contributed by atoms with Crippen LogP contribution in [0.4, 0.5) is 5.69 Å². The summed E-state index contributed by atoms with van der Waals surface area (Å²) >= 11 is 0. The van der Waals surface area contributed by atoms with Crippen LogP contribution in [0.5, 0.6) is 5.75 Å². The van der Waals surface area contributed by atoms with E-state index in [-0.39, 0.29) is 18.2 Å². The Labute approximate surface area is 89.3 Å². The first-order valence-corrected chi connectivity index (χ1v) is 4.80. The van der Waals surface area contributed by atoms with Gasteiger partial charge in [0.05, 0.1) is 12.2 Å². The van der Waals surface area contributed by atoms with Crippen molar-refractivity contribution in [3.63, 3.8) is 0 Å². The first-order valence-electron chi connectivity index (χ1n) is 4.80. The molecule has 1 aromatic carbocycles. The molecule has 0 fully saturated rings. The summed E-state index contributed by atoms with van der Waals surface area (Å²) in [4.78, 5) is 11.4. The van der Waals surface area contributed by atoms with Gasteiger partial charge in [0.2, 0.25) is 5.91 Å². The maximum absolute atomic E-state index is 11.4. The third-order valence-electron chi connectivity index (χ3n) is 2.25. The molecule has 0 bridgehead atoms. The molecule has 0 spiro atoms. The number of nitrogens with one attached hydrogen (secondary N) is 2. The maximum Gasteiger partial charge on any atom is 0.238 e. The Morgan fingerprint density at radius 2 is 2.07 bits per heavy atom. The van der Waals surface area contributed by atoms with Gasteiger partial charge in [-0.3, -0.25) is 4.79 Å². The molecule has 0 unspecified atom stereocenters. The molecule has 1 rings (SSSR count). The summed E-state index contributed by atoms with van der Waals surface area (Å²) in [7, 11) is 1.71. The van der Waals surface area contributed by atoms with E-state index in [1.54, 1.807) is 26.1 Å². The number of hydrogen-bond acceptors (Lipinski definition) is 3. The van der Waals surface area contributed by atoms with Crippen LogP contribution in [-0.2, 0) is 4.79 Å². The van der Waals surface area contributed by atoms with Crippen LogP contribution < -0.4 is 10.6 Å². The summed E-state index contributed by atoms with van der Waals surface area (Å²) in [5, 5.41) is 15.0. The van der Waals surface area contributed by atoms with Gasteiger partial charge in [0.15, 0.2) is 0 Å². The van der Waals surface area contributed by atoms with Crippen molar-refractivity contribution in [1.29, 1.82) is 0 Å². The van der Waals surface area contributed by atoms with Gasteiger partial charge in [-0.15, -0.1) is 0 Å². The number of benzene rings is 1. The topological polar surface area (TPSA) is 61.4 Å². The van der Waals surface area contributed by atoms with Crippen LogP contribution in [0.1, 0.15) is 11.1 Å². The lowest BCUT2D eigenvalue weighted by Gasteiger charge is -2.12. The highest BCUT2D eigenvalue weighted by molar-refractivity contribution is 5.94. The minimum atomic E-state index is -0.116. The molecule has 0 aliphatic carbocycles. The second kappa shape index (κ2) is 4.79. The van der Waals surface area contributed by atoms with Crippen molar-refractivity contribution in [2.45, 2.75) is 13.8 Å². The van der Waals surface area contributed by atoms with Gasteiger partial charge in [0, 0.05) is 5.56 Å². The highest BCUT2D eigenvalue weighted by Gasteiger charge is 2.09. The molecule has 0 aliphatic rings. The van der Waals surface area contributed by atoms with E-state index in [2.05, 4.69) is 10.6 Å². The van der Waals surface area contributed by atoms with Gasteiger partial charge < -0.3 is 15.7 Å². The summed E-state index contributed by atoms with van der Waals surface area (Å²) in [6.07, 6.45) is 0. The molecule has 1 aromatic rings. The molecule has 0 aromatic heterocycles. The highest BCUT2D eigenvalue weighted by Crippen LogP contribution is 2.27. The summed E-state index contributed by atoms with van der Waals surface area (Å²) in [6, 6.07) is 3.40. The monoisotopic (exact) mass is 208 g/mol. The van der Waals surface area contributed by atoms with Gasteiger partial charge in [-0.25, -0.2) is 0 Å². The van der Waals surface area contributed by atoms with Crippen molar-refractivity contribution in [1.82, 2.24) is 5.32 Å². The van der Waals surface area contributed by atoms with Crippen LogP contribution in [0.15, 0.2) is 12.1 Å². The molecule has 0 radical (unpaired) electrons. The minimum Gasteiger partial charge on any atom is -0.508 e. The van der Waals surface area contributed by atoms with Gasteiger partial charge >= 0.3 is 0 Å². The lowest BCUT2D eigenvalue weighted by atomic mass is 10.1. The molecule has 0 atom stereocenters. The van der Waals surface area contributed by atoms with Gasteiger partial charge in [-0.1, -0.05) is 6.07 Å². The van der Waals surface area contributed by atoms with E-state index in [1.807, 2.05) is 6.92 Å². The minimum absolute atomic E-state index is 0.116. The van der Waals surface area contributed by atoms with Crippen LogP contribution in [0.25, 0.3) is 0 Å². The number of phenols is 1. The van der Waals surface area contributed by atoms with Gasteiger partial charge in [0.1, 0.15) is 5.75 Å². The summed E-state index contributed by atoms with van der Waals surface area (Å²) in [6.45, 7) is 3.92. The fraction of sp³-hybridized carbons (Fsp3) is 0.364. The fourth-order valence-corrected chi connectivity index (χ4v) is 1.37. The van der Waals surface area contributed by atoms with Crippen LogP contribution in [0.3, 0.4) is 0 Å². The van der Waals surface area contributed by atoms with E-state index >= 15 is 0 Å². The Morgan fingerprint density at radius 1 is 1.40 bits per heavy atom. The first-order chi connectivity index (χ1) is 7.06. The number of hydrogen-bond donors (Lipinski definition) is 3. The quantitative estimate of drug-likeness (QED) is 0.698. The third-order valence-corrected chi connectivity index (χ3v) is 2.25. The number of rotatable bonds is 3. The number of carbonyl (C=O) groups is 1. The van der Waals surface area contributed by atoms with Crippen LogP contribution >= 0.6 is 0 Å². The second-order valence-electron chi connectivity index (χ2n) is 3.48. The first kappa shape index (κ1) is 11.5. The van der Waals surface area contributed by atoms with E-state index in [0.29, 0.717) is 11.3 Å². The van der Waals surface area contributed by atoms with Crippen LogP contribution in [-0.4, -0.2) is 24.6 Å². The average molecular weight is 208 g/mol. The van der Waals surface area contributed by atoms with E-state index < -0.39 is 0 Å². The summed E-state index contributed by atoms with van der Waals surface area (Å²) in [5.74, 6) is 0.0784. The molecule has 0 heterocycles. The Hall–Kier alpha value is -1.55. The number of amides is 1. The van der Waals surface area contributed by atoms with Crippen molar-refractivity contribution >= 4 is 11.6 Å². The molecule has 4 nitrogen and oxygen atoms in total. The average Bonchev–Trinajstić information content (AvgIpc) is 2.19. The van der Waals surface area contributed by atoms with E-state index in [0.717, 1.165) is 5.56 Å². The van der Waals surface area contributed by atoms with Crippen molar-refractivity contribution in [2.75, 3.05) is 18.9 Å². The predicted octanol–water partition coefficient (Wildman–Crippen LogP) is 1.17. The molecule has 0 saturated heterocycles. The summed E-state index contributed by atoms with van der Waals surface area (Å²) < 4.78 is 0. The molecule has 1 amide bonds. The normalized spacial score (nSPS) is 10.1. The SMILES string of the molecule is CNCC(=O)Nc1c(C)ccc(O)c1C. The Bertz CT molecular complexity index is 375. The smallest absolute Gasteiger partial charge is 0.238 e. The van der Waals surface area contributed by atoms with Crippen LogP contribution in [0.2, 0.25) is 0 Å². The van der Waals surface area contributed by atoms with Crippen molar-refractivity contribution in [2.24, 2.45) is 0 Å². The van der Waals surface area contributed by atoms with Gasteiger partial charge in [-0.2, -0.15) is 0 Å². The maximum atomic E-state index is 11.4. The molecule has 4 heteroatoms. The number of aryl methyl sites for hydroxylation is 1. The fourth-order valence-electron chi connectivity index (χ4n) is 1.37. The highest BCUT2D eigenvalue weighted by atomic mass is 16.3.